The van der Waals surface area contributed by atoms with Crippen LogP contribution in [0.2, 0.25) is 0 Å². The Morgan fingerprint density at radius 2 is 2.21 bits per heavy atom. The van der Waals surface area contributed by atoms with E-state index in [1.54, 1.807) is 0 Å². The van der Waals surface area contributed by atoms with E-state index >= 15 is 0 Å². The minimum atomic E-state index is -1.39. The lowest BCUT2D eigenvalue weighted by Gasteiger charge is -2.08. The van der Waals surface area contributed by atoms with E-state index in [0.717, 1.165) is 0 Å². The highest BCUT2D eigenvalue weighted by Gasteiger charge is 2.19. The monoisotopic (exact) mass is 198 g/mol. The maximum absolute atomic E-state index is 10.5. The summed E-state index contributed by atoms with van der Waals surface area (Å²) in [5.41, 5.74) is 5.37. The second kappa shape index (κ2) is 4.03. The van der Waals surface area contributed by atoms with Gasteiger partial charge in [0.25, 0.3) is 0 Å². The lowest BCUT2D eigenvalue weighted by molar-refractivity contribution is -0.138. The third kappa shape index (κ3) is 1.98. The number of aliphatic carboxylic acids is 1. The van der Waals surface area contributed by atoms with Crippen LogP contribution in [-0.2, 0) is 11.4 Å². The number of aliphatic hydroxyl groups is 1. The first-order chi connectivity index (χ1) is 6.56. The van der Waals surface area contributed by atoms with Gasteiger partial charge in [-0.25, -0.2) is 4.98 Å². The average Bonchev–Trinajstić information content (AvgIpc) is 2.17. The van der Waals surface area contributed by atoms with Crippen LogP contribution in [0.1, 0.15) is 17.4 Å². The van der Waals surface area contributed by atoms with Gasteiger partial charge in [-0.05, 0) is 12.1 Å². The van der Waals surface area contributed by atoms with Gasteiger partial charge in [0.1, 0.15) is 17.5 Å². The van der Waals surface area contributed by atoms with E-state index in [2.05, 4.69) is 4.98 Å². The van der Waals surface area contributed by atoms with Crippen LogP contribution >= 0.6 is 0 Å². The zero-order valence-electron chi connectivity index (χ0n) is 7.21. The molecule has 76 valence electrons. The van der Waals surface area contributed by atoms with E-state index in [0.29, 0.717) is 0 Å². The summed E-state index contributed by atoms with van der Waals surface area (Å²) >= 11 is 0. The van der Waals surface area contributed by atoms with Crippen molar-refractivity contribution in [2.45, 2.75) is 12.6 Å². The lowest BCUT2D eigenvalue weighted by atomic mass is 10.1. The van der Waals surface area contributed by atoms with Crippen molar-refractivity contribution >= 4 is 5.97 Å². The highest BCUT2D eigenvalue weighted by Crippen LogP contribution is 2.20. The second-order valence-corrected chi connectivity index (χ2v) is 2.68. The van der Waals surface area contributed by atoms with Gasteiger partial charge in [-0.1, -0.05) is 0 Å². The standard InChI is InChI=1S/C8H10N2O4/c9-6(8(13)14)7-5(12)2-1-4(3-11)10-7/h1-2,6,11-12H,3,9H2,(H,13,14). The van der Waals surface area contributed by atoms with Crippen molar-refractivity contribution in [1.82, 2.24) is 4.98 Å². The molecule has 5 N–H and O–H groups in total. The van der Waals surface area contributed by atoms with Crippen LogP contribution < -0.4 is 5.73 Å². The molecule has 1 heterocycles. The summed E-state index contributed by atoms with van der Waals surface area (Å²) in [6.45, 7) is -0.334. The zero-order chi connectivity index (χ0) is 10.7. The largest absolute Gasteiger partial charge is 0.506 e. The fraction of sp³-hybridized carbons (Fsp3) is 0.250. The Morgan fingerprint density at radius 1 is 1.57 bits per heavy atom. The van der Waals surface area contributed by atoms with Gasteiger partial charge in [0.2, 0.25) is 0 Å². The van der Waals surface area contributed by atoms with Gasteiger partial charge in [0.15, 0.2) is 0 Å². The summed E-state index contributed by atoms with van der Waals surface area (Å²) in [6.07, 6.45) is 0. The second-order valence-electron chi connectivity index (χ2n) is 2.68. The molecule has 6 nitrogen and oxygen atoms in total. The number of aliphatic hydroxyl groups excluding tert-OH is 1. The summed E-state index contributed by atoms with van der Waals surface area (Å²) in [5, 5.41) is 26.6. The van der Waals surface area contributed by atoms with Gasteiger partial charge >= 0.3 is 5.97 Å². The smallest absolute Gasteiger partial charge is 0.326 e. The highest BCUT2D eigenvalue weighted by molar-refractivity contribution is 5.75. The molecule has 0 spiro atoms. The van der Waals surface area contributed by atoms with Crippen molar-refractivity contribution in [2.75, 3.05) is 0 Å². The minimum absolute atomic E-state index is 0.149. The molecule has 0 aliphatic carbocycles. The number of carboxylic acids is 1. The van der Waals surface area contributed by atoms with Gasteiger partial charge in [0, 0.05) is 0 Å². The van der Waals surface area contributed by atoms with Crippen LogP contribution in [0.25, 0.3) is 0 Å². The third-order valence-corrected chi connectivity index (χ3v) is 1.68. The molecule has 0 radical (unpaired) electrons. The first kappa shape index (κ1) is 10.4. The molecule has 1 aromatic heterocycles. The fourth-order valence-corrected chi connectivity index (χ4v) is 0.944. The number of aromatic hydroxyl groups is 1. The quantitative estimate of drug-likeness (QED) is 0.513. The first-order valence-corrected chi connectivity index (χ1v) is 3.84. The van der Waals surface area contributed by atoms with E-state index in [4.69, 9.17) is 15.9 Å². The number of hydrogen-bond acceptors (Lipinski definition) is 5. The number of rotatable bonds is 3. The van der Waals surface area contributed by atoms with Crippen molar-refractivity contribution < 1.29 is 20.1 Å². The number of nitrogens with two attached hydrogens (primary N) is 1. The predicted octanol–water partition coefficient (Wildman–Crippen LogP) is -0.636. The molecular formula is C8H10N2O4. The summed E-state index contributed by atoms with van der Waals surface area (Å²) in [6, 6.07) is 1.24. The predicted molar refractivity (Wildman–Crippen MR) is 46.4 cm³/mol. The number of nitrogens with zero attached hydrogens (tertiary/aromatic N) is 1. The van der Waals surface area contributed by atoms with Crippen LogP contribution in [0, 0.1) is 0 Å². The highest BCUT2D eigenvalue weighted by atomic mass is 16.4. The maximum atomic E-state index is 10.5. The molecule has 0 aliphatic rings. The van der Waals surface area contributed by atoms with E-state index in [9.17, 15) is 9.90 Å². The molecule has 0 aromatic carbocycles. The van der Waals surface area contributed by atoms with Crippen LogP contribution in [0.15, 0.2) is 12.1 Å². The molecule has 14 heavy (non-hydrogen) atoms. The van der Waals surface area contributed by atoms with Gasteiger partial charge < -0.3 is 21.1 Å². The fourth-order valence-electron chi connectivity index (χ4n) is 0.944. The summed E-state index contributed by atoms with van der Waals surface area (Å²) < 4.78 is 0. The third-order valence-electron chi connectivity index (χ3n) is 1.68. The zero-order valence-corrected chi connectivity index (χ0v) is 7.21. The van der Waals surface area contributed by atoms with E-state index in [1.165, 1.54) is 12.1 Å². The molecule has 0 amide bonds. The van der Waals surface area contributed by atoms with Crippen molar-refractivity contribution in [3.8, 4) is 5.75 Å². The summed E-state index contributed by atoms with van der Waals surface area (Å²) in [4.78, 5) is 14.2. The molecule has 0 fully saturated rings. The molecule has 0 saturated heterocycles. The molecule has 1 unspecified atom stereocenters. The lowest BCUT2D eigenvalue weighted by Crippen LogP contribution is -2.22. The van der Waals surface area contributed by atoms with Gasteiger partial charge in [-0.15, -0.1) is 0 Å². The van der Waals surface area contributed by atoms with E-state index in [-0.39, 0.29) is 23.7 Å². The van der Waals surface area contributed by atoms with Gasteiger partial charge in [-0.3, -0.25) is 4.79 Å². The van der Waals surface area contributed by atoms with Crippen molar-refractivity contribution in [1.29, 1.82) is 0 Å². The molecule has 1 atom stereocenters. The Kier molecular flexibility index (Phi) is 3.00. The van der Waals surface area contributed by atoms with Gasteiger partial charge in [-0.2, -0.15) is 0 Å². The molecule has 6 heteroatoms. The van der Waals surface area contributed by atoms with Crippen LogP contribution in [0.3, 0.4) is 0 Å². The Balaban J connectivity index is 3.11. The summed E-state index contributed by atoms with van der Waals surface area (Å²) in [5.74, 6) is -1.58. The molecule has 0 bridgehead atoms. The molecule has 0 aliphatic heterocycles. The topological polar surface area (TPSA) is 117 Å². The van der Waals surface area contributed by atoms with Crippen LogP contribution in [0.5, 0.6) is 5.75 Å². The van der Waals surface area contributed by atoms with Gasteiger partial charge in [0.05, 0.1) is 12.3 Å². The SMILES string of the molecule is NC(C(=O)O)c1nc(CO)ccc1O. The van der Waals surface area contributed by atoms with Crippen molar-refractivity contribution in [3.63, 3.8) is 0 Å². The van der Waals surface area contributed by atoms with E-state index < -0.39 is 12.0 Å². The molecule has 0 saturated carbocycles. The molecule has 1 aromatic rings. The normalized spacial score (nSPS) is 12.4. The number of aromatic nitrogens is 1. The number of hydrogen-bond donors (Lipinski definition) is 4. The Labute approximate surface area is 79.6 Å². The van der Waals surface area contributed by atoms with E-state index in [1.807, 2.05) is 0 Å². The number of pyridine rings is 1. The van der Waals surface area contributed by atoms with Crippen LogP contribution in [-0.4, -0.2) is 26.3 Å². The summed E-state index contributed by atoms with van der Waals surface area (Å²) in [7, 11) is 0. The molecular weight excluding hydrogens is 188 g/mol. The number of carboxylic acid groups (broad SMARTS) is 1. The Bertz CT molecular complexity index is 353. The Hall–Kier alpha value is -1.66. The van der Waals surface area contributed by atoms with Crippen LogP contribution in [0.4, 0.5) is 0 Å². The molecule has 1 rings (SSSR count). The number of carbonyl (C=O) groups is 1. The first-order valence-electron chi connectivity index (χ1n) is 3.84. The van der Waals surface area contributed by atoms with Crippen molar-refractivity contribution in [2.24, 2.45) is 5.73 Å². The maximum Gasteiger partial charge on any atom is 0.326 e. The average molecular weight is 198 g/mol. The minimum Gasteiger partial charge on any atom is -0.506 e. The van der Waals surface area contributed by atoms with Crippen molar-refractivity contribution in [3.05, 3.63) is 23.5 Å². The Morgan fingerprint density at radius 3 is 2.71 bits per heavy atom.